The summed E-state index contributed by atoms with van der Waals surface area (Å²) in [7, 11) is 0. The third kappa shape index (κ3) is 1.99. The van der Waals surface area contributed by atoms with Gasteiger partial charge in [-0.2, -0.15) is 5.26 Å². The van der Waals surface area contributed by atoms with Gasteiger partial charge < -0.3 is 5.32 Å². The molecule has 1 N–H and O–H groups in total. The third-order valence-electron chi connectivity index (χ3n) is 3.88. The zero-order valence-electron chi connectivity index (χ0n) is 11.0. The van der Waals surface area contributed by atoms with Crippen LogP contribution in [0.1, 0.15) is 25.7 Å². The van der Waals surface area contributed by atoms with Gasteiger partial charge >= 0.3 is 0 Å². The van der Waals surface area contributed by atoms with Crippen LogP contribution in [-0.2, 0) is 4.79 Å². The minimum Gasteiger partial charge on any atom is -0.309 e. The Balaban J connectivity index is 1.94. The smallest absolute Gasteiger partial charge is 0.246 e. The summed E-state index contributed by atoms with van der Waals surface area (Å²) in [5.74, 6) is 0.225. The van der Waals surface area contributed by atoms with Gasteiger partial charge in [0.05, 0.1) is 11.6 Å². The number of nitrogens with zero attached hydrogens (tertiary/aromatic N) is 3. The molecule has 0 aliphatic heterocycles. The Morgan fingerprint density at radius 2 is 2.00 bits per heavy atom. The Morgan fingerprint density at radius 3 is 2.75 bits per heavy atom. The fourth-order valence-electron chi connectivity index (χ4n) is 2.70. The number of carbonyl (C=O) groups is 1. The lowest BCUT2D eigenvalue weighted by molar-refractivity contribution is -0.122. The topological polar surface area (TPSA) is 78.7 Å². The maximum atomic E-state index is 12.4. The first-order valence-corrected chi connectivity index (χ1v) is 6.68. The predicted octanol–water partition coefficient (Wildman–Crippen LogP) is 2.65. The van der Waals surface area contributed by atoms with Gasteiger partial charge in [-0.05, 0) is 25.0 Å². The molecule has 1 aliphatic rings. The summed E-state index contributed by atoms with van der Waals surface area (Å²) < 4.78 is 0. The Morgan fingerprint density at radius 1 is 1.25 bits per heavy atom. The van der Waals surface area contributed by atoms with Crippen LogP contribution in [0.15, 0.2) is 30.6 Å². The zero-order valence-corrected chi connectivity index (χ0v) is 11.0. The highest BCUT2D eigenvalue weighted by molar-refractivity contribution is 6.02. The fourth-order valence-corrected chi connectivity index (χ4v) is 2.70. The number of amides is 1. The number of aromatic nitrogens is 2. The molecule has 20 heavy (non-hydrogen) atoms. The van der Waals surface area contributed by atoms with Crippen LogP contribution in [0.25, 0.3) is 10.9 Å². The van der Waals surface area contributed by atoms with Crippen molar-refractivity contribution in [3.63, 3.8) is 0 Å². The van der Waals surface area contributed by atoms with E-state index >= 15 is 0 Å². The van der Waals surface area contributed by atoms with Crippen LogP contribution < -0.4 is 5.32 Å². The highest BCUT2D eigenvalue weighted by Gasteiger charge is 2.41. The molecule has 0 unspecified atom stereocenters. The van der Waals surface area contributed by atoms with Gasteiger partial charge in [0.25, 0.3) is 0 Å². The maximum Gasteiger partial charge on any atom is 0.246 e. The van der Waals surface area contributed by atoms with Crippen molar-refractivity contribution in [3.05, 3.63) is 30.6 Å². The highest BCUT2D eigenvalue weighted by Crippen LogP contribution is 2.38. The van der Waals surface area contributed by atoms with Gasteiger partial charge in [0.1, 0.15) is 17.6 Å². The summed E-state index contributed by atoms with van der Waals surface area (Å²) in [6.45, 7) is 0. The monoisotopic (exact) mass is 266 g/mol. The molecule has 1 aliphatic carbocycles. The van der Waals surface area contributed by atoms with E-state index in [-0.39, 0.29) is 5.91 Å². The molecule has 1 fully saturated rings. The van der Waals surface area contributed by atoms with E-state index in [9.17, 15) is 10.1 Å². The molecule has 1 saturated carbocycles. The summed E-state index contributed by atoms with van der Waals surface area (Å²) >= 11 is 0. The van der Waals surface area contributed by atoms with E-state index in [1.165, 1.54) is 6.33 Å². The van der Waals surface area contributed by atoms with Crippen LogP contribution in [0.3, 0.4) is 0 Å². The summed E-state index contributed by atoms with van der Waals surface area (Å²) in [4.78, 5) is 20.7. The molecule has 0 bridgehead atoms. The van der Waals surface area contributed by atoms with Gasteiger partial charge in [-0.15, -0.1) is 0 Å². The molecule has 0 atom stereocenters. The van der Waals surface area contributed by atoms with Crippen LogP contribution >= 0.6 is 0 Å². The maximum absolute atomic E-state index is 12.4. The van der Waals surface area contributed by atoms with Crippen LogP contribution in [-0.4, -0.2) is 15.9 Å². The van der Waals surface area contributed by atoms with Crippen molar-refractivity contribution < 1.29 is 4.79 Å². The van der Waals surface area contributed by atoms with Crippen molar-refractivity contribution in [2.75, 3.05) is 5.32 Å². The standard InChI is InChI=1S/C15H14N4O/c16-9-15(7-3-4-8-15)14(20)19-13-11-5-1-2-6-12(11)17-10-18-13/h1-2,5-6,10H,3-4,7-8H2,(H,17,18,19,20). The van der Waals surface area contributed by atoms with Crippen molar-refractivity contribution in [3.8, 4) is 6.07 Å². The molecule has 2 aromatic rings. The molecule has 5 nitrogen and oxygen atoms in total. The fraction of sp³-hybridized carbons (Fsp3) is 0.333. The molecule has 5 heteroatoms. The van der Waals surface area contributed by atoms with E-state index in [2.05, 4.69) is 21.4 Å². The van der Waals surface area contributed by atoms with Crippen molar-refractivity contribution >= 4 is 22.6 Å². The van der Waals surface area contributed by atoms with Crippen molar-refractivity contribution in [1.82, 2.24) is 9.97 Å². The number of fused-ring (bicyclic) bond motifs is 1. The molecular formula is C15H14N4O. The number of rotatable bonds is 2. The largest absolute Gasteiger partial charge is 0.309 e. The van der Waals surface area contributed by atoms with Crippen molar-refractivity contribution in [2.24, 2.45) is 5.41 Å². The Bertz CT molecular complexity index is 693. The van der Waals surface area contributed by atoms with Gasteiger partial charge in [0.15, 0.2) is 0 Å². The number of nitrogens with one attached hydrogen (secondary N) is 1. The third-order valence-corrected chi connectivity index (χ3v) is 3.88. The average molecular weight is 266 g/mol. The van der Waals surface area contributed by atoms with Gasteiger partial charge in [0.2, 0.25) is 5.91 Å². The van der Waals surface area contributed by atoms with Crippen molar-refractivity contribution in [1.29, 1.82) is 5.26 Å². The number of anilines is 1. The molecule has 3 rings (SSSR count). The number of nitriles is 1. The van der Waals surface area contributed by atoms with E-state index in [1.807, 2.05) is 24.3 Å². The number of para-hydroxylation sites is 1. The Labute approximate surface area is 116 Å². The molecule has 0 radical (unpaired) electrons. The first kappa shape index (κ1) is 12.5. The lowest BCUT2D eigenvalue weighted by Crippen LogP contribution is -2.32. The number of hydrogen-bond donors (Lipinski definition) is 1. The highest BCUT2D eigenvalue weighted by atomic mass is 16.2. The second-order valence-electron chi connectivity index (χ2n) is 5.09. The summed E-state index contributed by atoms with van der Waals surface area (Å²) in [6.07, 6.45) is 4.51. The molecule has 1 aromatic carbocycles. The van der Waals surface area contributed by atoms with E-state index in [0.29, 0.717) is 18.7 Å². The van der Waals surface area contributed by atoms with Crippen LogP contribution in [0, 0.1) is 16.7 Å². The average Bonchev–Trinajstić information content (AvgIpc) is 2.98. The van der Waals surface area contributed by atoms with Crippen molar-refractivity contribution in [2.45, 2.75) is 25.7 Å². The first-order chi connectivity index (χ1) is 9.75. The number of carbonyl (C=O) groups excluding carboxylic acids is 1. The normalized spacial score (nSPS) is 16.8. The molecule has 1 amide bonds. The van der Waals surface area contributed by atoms with Gasteiger partial charge in [-0.1, -0.05) is 25.0 Å². The van der Waals surface area contributed by atoms with E-state index in [4.69, 9.17) is 0 Å². The van der Waals surface area contributed by atoms with Gasteiger partial charge in [-0.3, -0.25) is 4.79 Å². The zero-order chi connectivity index (χ0) is 14.0. The van der Waals surface area contributed by atoms with Crippen LogP contribution in [0.2, 0.25) is 0 Å². The molecule has 1 heterocycles. The molecule has 0 saturated heterocycles. The first-order valence-electron chi connectivity index (χ1n) is 6.68. The number of hydrogen-bond acceptors (Lipinski definition) is 4. The minimum atomic E-state index is -0.897. The minimum absolute atomic E-state index is 0.249. The predicted molar refractivity (Wildman–Crippen MR) is 74.7 cm³/mol. The Hall–Kier alpha value is -2.48. The second-order valence-corrected chi connectivity index (χ2v) is 5.09. The van der Waals surface area contributed by atoms with Crippen LogP contribution in [0.5, 0.6) is 0 Å². The van der Waals surface area contributed by atoms with E-state index in [1.54, 1.807) is 0 Å². The van der Waals surface area contributed by atoms with Gasteiger partial charge in [-0.25, -0.2) is 9.97 Å². The van der Waals surface area contributed by atoms with Gasteiger partial charge in [0, 0.05) is 5.39 Å². The lowest BCUT2D eigenvalue weighted by Gasteiger charge is -2.19. The molecule has 1 aromatic heterocycles. The lowest BCUT2D eigenvalue weighted by atomic mass is 9.87. The summed E-state index contributed by atoms with van der Waals surface area (Å²) in [5, 5.41) is 12.9. The summed E-state index contributed by atoms with van der Waals surface area (Å²) in [5.41, 5.74) is -0.123. The quantitative estimate of drug-likeness (QED) is 0.906. The summed E-state index contributed by atoms with van der Waals surface area (Å²) in [6, 6.07) is 9.67. The van der Waals surface area contributed by atoms with E-state index < -0.39 is 5.41 Å². The molecule has 0 spiro atoms. The Kier molecular flexibility index (Phi) is 3.07. The second kappa shape index (κ2) is 4.89. The molecule has 100 valence electrons. The van der Waals surface area contributed by atoms with E-state index in [0.717, 1.165) is 23.7 Å². The SMILES string of the molecule is N#CC1(C(=O)Nc2ncnc3ccccc23)CCCC1. The number of benzene rings is 1. The van der Waals surface area contributed by atoms with Crippen LogP contribution in [0.4, 0.5) is 5.82 Å². The molecular weight excluding hydrogens is 252 g/mol.